The maximum absolute atomic E-state index is 13.9. The maximum Gasteiger partial charge on any atom is 0.326 e. The van der Waals surface area contributed by atoms with Crippen molar-refractivity contribution >= 4 is 23.6 Å². The molecule has 0 unspecified atom stereocenters. The predicted octanol–water partition coefficient (Wildman–Crippen LogP) is 3.79. The second kappa shape index (κ2) is 11.8. The number of hydrogen-bond acceptors (Lipinski definition) is 7. The van der Waals surface area contributed by atoms with Gasteiger partial charge in [-0.3, -0.25) is 19.3 Å². The first-order valence-corrected chi connectivity index (χ1v) is 13.7. The molecule has 2 N–H and O–H groups in total. The molecule has 3 aromatic carbocycles. The van der Waals surface area contributed by atoms with Gasteiger partial charge in [-0.1, -0.05) is 104 Å². The fraction of sp³-hybridized carbons (Fsp3) is 0.250. The zero-order valence-corrected chi connectivity index (χ0v) is 23.5. The van der Waals surface area contributed by atoms with E-state index in [0.29, 0.717) is 17.5 Å². The highest BCUT2D eigenvalue weighted by atomic mass is 16.4. The Kier molecular flexibility index (Phi) is 7.97. The molecule has 1 saturated heterocycles. The largest absolute Gasteiger partial charge is 0.418 e. The Morgan fingerprint density at radius 3 is 2.17 bits per heavy atom. The molecule has 1 aliphatic rings. The number of nitrogens with zero attached hydrogens (tertiary/aromatic N) is 3. The SMILES string of the molecule is Cc1cccc(Cc2nnc(C(=O)[C@@H](NC(=O)CN3C(=O)NC(c4ccccc4)(c4ccccc4)C3=O)C(C)C)o2)c1. The van der Waals surface area contributed by atoms with E-state index in [9.17, 15) is 19.2 Å². The second-order valence-electron chi connectivity index (χ2n) is 10.6. The second-order valence-corrected chi connectivity index (χ2v) is 10.6. The molecular formula is C32H31N5O5. The summed E-state index contributed by atoms with van der Waals surface area (Å²) in [5.74, 6) is -2.12. The number of imide groups is 1. The fourth-order valence-corrected chi connectivity index (χ4v) is 5.11. The average molecular weight is 566 g/mol. The Hall–Kier alpha value is -5.12. The normalized spacial score (nSPS) is 15.0. The van der Waals surface area contributed by atoms with Gasteiger partial charge in [0, 0.05) is 0 Å². The fourth-order valence-electron chi connectivity index (χ4n) is 5.11. The molecule has 1 fully saturated rings. The van der Waals surface area contributed by atoms with Crippen molar-refractivity contribution in [3.8, 4) is 0 Å². The van der Waals surface area contributed by atoms with Crippen molar-refractivity contribution in [3.05, 3.63) is 119 Å². The van der Waals surface area contributed by atoms with Crippen molar-refractivity contribution in [2.45, 2.75) is 38.8 Å². The van der Waals surface area contributed by atoms with E-state index in [0.717, 1.165) is 16.0 Å². The maximum atomic E-state index is 13.9. The standard InChI is InChI=1S/C32H31N5O5/c1-20(2)27(28(39)29-36-35-26(42-29)18-22-12-10-11-21(3)17-22)33-25(38)19-37-30(40)32(34-31(37)41,23-13-6-4-7-14-23)24-15-8-5-9-16-24/h4-17,20,27H,18-19H2,1-3H3,(H,33,38)(H,34,41)/t27-/m0/s1. The van der Waals surface area contributed by atoms with Crippen LogP contribution in [0, 0.1) is 12.8 Å². The zero-order valence-electron chi connectivity index (χ0n) is 23.5. The van der Waals surface area contributed by atoms with Gasteiger partial charge < -0.3 is 15.1 Å². The molecule has 1 atom stereocenters. The molecule has 10 heteroatoms. The lowest BCUT2D eigenvalue weighted by Crippen LogP contribution is -2.50. The number of ketones is 1. The van der Waals surface area contributed by atoms with Gasteiger partial charge in [0.15, 0.2) is 5.54 Å². The van der Waals surface area contributed by atoms with Gasteiger partial charge >= 0.3 is 6.03 Å². The molecule has 5 rings (SSSR count). The van der Waals surface area contributed by atoms with E-state index in [1.54, 1.807) is 62.4 Å². The minimum absolute atomic E-state index is 0.223. The molecule has 0 spiro atoms. The number of amides is 4. The highest BCUT2D eigenvalue weighted by Gasteiger charge is 2.54. The molecule has 0 radical (unpaired) electrons. The summed E-state index contributed by atoms with van der Waals surface area (Å²) in [7, 11) is 0. The van der Waals surface area contributed by atoms with Crippen molar-refractivity contribution in [3.63, 3.8) is 0 Å². The van der Waals surface area contributed by atoms with Gasteiger partial charge in [-0.2, -0.15) is 0 Å². The first-order valence-electron chi connectivity index (χ1n) is 13.7. The molecule has 4 aromatic rings. The van der Waals surface area contributed by atoms with Gasteiger partial charge in [0.1, 0.15) is 6.54 Å². The number of carbonyl (C=O) groups excluding carboxylic acids is 4. The molecule has 0 aliphatic carbocycles. The zero-order chi connectivity index (χ0) is 29.9. The van der Waals surface area contributed by atoms with Crippen LogP contribution in [0.5, 0.6) is 0 Å². The Morgan fingerprint density at radius 2 is 1.57 bits per heavy atom. The quantitative estimate of drug-likeness (QED) is 0.221. The number of Topliss-reactive ketones (excluding diaryl/α,β-unsaturated/α-hetero) is 1. The highest BCUT2D eigenvalue weighted by molar-refractivity contribution is 6.11. The summed E-state index contributed by atoms with van der Waals surface area (Å²) < 4.78 is 5.64. The van der Waals surface area contributed by atoms with E-state index >= 15 is 0 Å². The van der Waals surface area contributed by atoms with Gasteiger partial charge in [0.25, 0.3) is 11.8 Å². The molecule has 0 bridgehead atoms. The molecule has 10 nitrogen and oxygen atoms in total. The van der Waals surface area contributed by atoms with E-state index in [4.69, 9.17) is 4.42 Å². The summed E-state index contributed by atoms with van der Waals surface area (Å²) in [6, 6.07) is 23.8. The summed E-state index contributed by atoms with van der Waals surface area (Å²) in [6.45, 7) is 4.92. The van der Waals surface area contributed by atoms with Crippen LogP contribution in [0.3, 0.4) is 0 Å². The molecule has 4 amide bonds. The molecule has 1 aromatic heterocycles. The van der Waals surface area contributed by atoms with Crippen molar-refractivity contribution in [2.75, 3.05) is 6.54 Å². The third-order valence-corrected chi connectivity index (χ3v) is 7.20. The molecule has 214 valence electrons. The number of carbonyl (C=O) groups is 4. The Bertz CT molecular complexity index is 1580. The third-order valence-electron chi connectivity index (χ3n) is 7.20. The van der Waals surface area contributed by atoms with Gasteiger partial charge in [-0.25, -0.2) is 4.79 Å². The number of aromatic nitrogens is 2. The van der Waals surface area contributed by atoms with Crippen molar-refractivity contribution in [1.82, 2.24) is 25.7 Å². The van der Waals surface area contributed by atoms with Gasteiger partial charge in [0.05, 0.1) is 12.5 Å². The molecule has 2 heterocycles. The minimum atomic E-state index is -1.50. The first-order chi connectivity index (χ1) is 20.2. The lowest BCUT2D eigenvalue weighted by Gasteiger charge is -2.28. The lowest BCUT2D eigenvalue weighted by molar-refractivity contribution is -0.134. The Labute approximate surface area is 243 Å². The van der Waals surface area contributed by atoms with Crippen LogP contribution in [-0.2, 0) is 21.5 Å². The lowest BCUT2D eigenvalue weighted by atomic mass is 9.82. The van der Waals surface area contributed by atoms with Crippen LogP contribution in [-0.4, -0.2) is 51.3 Å². The monoisotopic (exact) mass is 565 g/mol. The van der Waals surface area contributed by atoms with Crippen LogP contribution in [0.2, 0.25) is 0 Å². The summed E-state index contributed by atoms with van der Waals surface area (Å²) >= 11 is 0. The summed E-state index contributed by atoms with van der Waals surface area (Å²) in [5.41, 5.74) is 1.67. The Morgan fingerprint density at radius 1 is 0.929 bits per heavy atom. The van der Waals surface area contributed by atoms with E-state index in [2.05, 4.69) is 20.8 Å². The van der Waals surface area contributed by atoms with Crippen molar-refractivity contribution in [2.24, 2.45) is 5.92 Å². The van der Waals surface area contributed by atoms with Crippen LogP contribution >= 0.6 is 0 Å². The predicted molar refractivity (Wildman–Crippen MR) is 153 cm³/mol. The van der Waals surface area contributed by atoms with Crippen molar-refractivity contribution in [1.29, 1.82) is 0 Å². The van der Waals surface area contributed by atoms with E-state index in [1.165, 1.54) is 0 Å². The summed E-state index contributed by atoms with van der Waals surface area (Å²) in [6.07, 6.45) is 0.359. The smallest absolute Gasteiger partial charge is 0.326 e. The van der Waals surface area contributed by atoms with Crippen molar-refractivity contribution < 1.29 is 23.6 Å². The summed E-state index contributed by atoms with van der Waals surface area (Å²) in [5, 5.41) is 13.4. The van der Waals surface area contributed by atoms with Gasteiger partial charge in [0.2, 0.25) is 17.6 Å². The van der Waals surface area contributed by atoms with Crippen LogP contribution in [0.4, 0.5) is 4.79 Å². The highest BCUT2D eigenvalue weighted by Crippen LogP contribution is 2.35. The van der Waals surface area contributed by atoms with E-state index < -0.39 is 41.8 Å². The average Bonchev–Trinajstić information content (AvgIpc) is 3.55. The van der Waals surface area contributed by atoms with Crippen LogP contribution < -0.4 is 10.6 Å². The Balaban J connectivity index is 1.32. The topological polar surface area (TPSA) is 134 Å². The van der Waals surface area contributed by atoms with Gasteiger partial charge in [-0.15, -0.1) is 10.2 Å². The van der Waals surface area contributed by atoms with E-state index in [1.807, 2.05) is 43.3 Å². The first kappa shape index (κ1) is 28.4. The van der Waals surface area contributed by atoms with Crippen LogP contribution in [0.1, 0.15) is 52.7 Å². The molecule has 1 aliphatic heterocycles. The number of nitrogens with one attached hydrogen (secondary N) is 2. The molecule has 0 saturated carbocycles. The number of benzene rings is 3. The number of hydrogen-bond donors (Lipinski definition) is 2. The number of aryl methyl sites for hydroxylation is 1. The number of rotatable bonds is 10. The number of urea groups is 1. The van der Waals surface area contributed by atoms with Gasteiger partial charge in [-0.05, 0) is 29.5 Å². The van der Waals surface area contributed by atoms with E-state index in [-0.39, 0.29) is 17.7 Å². The van der Waals surface area contributed by atoms with Crippen LogP contribution in [0.15, 0.2) is 89.3 Å². The van der Waals surface area contributed by atoms with Crippen LogP contribution in [0.25, 0.3) is 0 Å². The molecule has 42 heavy (non-hydrogen) atoms. The summed E-state index contributed by atoms with van der Waals surface area (Å²) in [4.78, 5) is 54.4. The third kappa shape index (κ3) is 5.56. The minimum Gasteiger partial charge on any atom is -0.418 e. The molecular weight excluding hydrogens is 534 g/mol.